The number of ether oxygens (including phenoxy) is 1. The molecule has 0 saturated heterocycles. The van der Waals surface area contributed by atoms with E-state index in [0.717, 1.165) is 18.6 Å². The fourth-order valence-corrected chi connectivity index (χ4v) is 3.36. The number of hydrogen-bond acceptors (Lipinski definition) is 2. The van der Waals surface area contributed by atoms with Crippen molar-refractivity contribution in [2.75, 3.05) is 6.61 Å². The van der Waals surface area contributed by atoms with Gasteiger partial charge in [0.15, 0.2) is 0 Å². The van der Waals surface area contributed by atoms with Crippen LogP contribution in [0.3, 0.4) is 0 Å². The largest absolute Gasteiger partial charge is 0.448 e. The van der Waals surface area contributed by atoms with Gasteiger partial charge in [-0.3, -0.25) is 0 Å². The van der Waals surface area contributed by atoms with Crippen LogP contribution in [-0.2, 0) is 4.74 Å². The maximum atomic E-state index is 11.4. The van der Waals surface area contributed by atoms with Gasteiger partial charge in [0.05, 0.1) is 6.61 Å². The first-order valence-corrected chi connectivity index (χ1v) is 6.16. The molecule has 1 amide bonds. The van der Waals surface area contributed by atoms with Crippen molar-refractivity contribution < 1.29 is 9.53 Å². The molecule has 16 heavy (non-hydrogen) atoms. The number of rotatable bonds is 1. The molecule has 0 aromatic carbocycles. The first-order valence-electron chi connectivity index (χ1n) is 6.16. The minimum atomic E-state index is -0.415. The fraction of sp³-hybridized carbons (Fsp3) is 0.846. The number of hydrogen-bond donors (Lipinski definition) is 0. The summed E-state index contributed by atoms with van der Waals surface area (Å²) in [6, 6.07) is 0. The first kappa shape index (κ1) is 11.6. The summed E-state index contributed by atoms with van der Waals surface area (Å²) < 4.78 is 4.90. The van der Waals surface area contributed by atoms with E-state index in [0.29, 0.717) is 12.5 Å². The van der Waals surface area contributed by atoms with Gasteiger partial charge in [-0.1, -0.05) is 20.8 Å². The monoisotopic (exact) mass is 223 g/mol. The minimum absolute atomic E-state index is 0.102. The number of amides is 1. The van der Waals surface area contributed by atoms with Crippen LogP contribution in [0.25, 0.3) is 0 Å². The second-order valence-electron chi connectivity index (χ2n) is 5.75. The van der Waals surface area contributed by atoms with Crippen LogP contribution in [0, 0.1) is 16.7 Å². The van der Waals surface area contributed by atoms with Crippen molar-refractivity contribution in [1.82, 2.24) is 0 Å². The Morgan fingerprint density at radius 1 is 1.50 bits per heavy atom. The standard InChI is InChI=1S/C13H21NO2/c1-5-16-11(15)14-10-8-9-6-7-13(10,4)12(9,2)3/h9H,5-8H2,1-4H3/t9-,13+/m0/s1. The minimum Gasteiger partial charge on any atom is -0.448 e. The summed E-state index contributed by atoms with van der Waals surface area (Å²) in [4.78, 5) is 15.6. The molecule has 0 N–H and O–H groups in total. The molecule has 2 atom stereocenters. The molecule has 0 unspecified atom stereocenters. The molecule has 0 aliphatic heterocycles. The molecule has 3 nitrogen and oxygen atoms in total. The second-order valence-corrected chi connectivity index (χ2v) is 5.75. The quantitative estimate of drug-likeness (QED) is 0.683. The van der Waals surface area contributed by atoms with E-state index in [9.17, 15) is 4.79 Å². The summed E-state index contributed by atoms with van der Waals surface area (Å²) in [5.41, 5.74) is 1.44. The molecule has 0 spiro atoms. The Bertz CT molecular complexity index is 346. The van der Waals surface area contributed by atoms with Crippen molar-refractivity contribution >= 4 is 11.8 Å². The number of nitrogens with zero attached hydrogens (tertiary/aromatic N) is 1. The fourth-order valence-electron chi connectivity index (χ4n) is 3.36. The topological polar surface area (TPSA) is 38.7 Å². The lowest BCUT2D eigenvalue weighted by atomic mass is 9.70. The molecule has 2 saturated carbocycles. The smallest absolute Gasteiger partial charge is 0.433 e. The highest BCUT2D eigenvalue weighted by Crippen LogP contribution is 2.63. The molecule has 2 aliphatic rings. The summed E-state index contributed by atoms with van der Waals surface area (Å²) in [6.45, 7) is 9.07. The predicted octanol–water partition coefficient (Wildman–Crippen LogP) is 3.43. The molecule has 2 bridgehead atoms. The van der Waals surface area contributed by atoms with Crippen molar-refractivity contribution in [1.29, 1.82) is 0 Å². The summed E-state index contributed by atoms with van der Waals surface area (Å²) in [5, 5.41) is 0. The van der Waals surface area contributed by atoms with E-state index in [1.807, 2.05) is 6.92 Å². The maximum Gasteiger partial charge on any atom is 0.433 e. The predicted molar refractivity (Wildman–Crippen MR) is 63.7 cm³/mol. The number of carbonyl (C=O) groups excluding carboxylic acids is 1. The third-order valence-electron chi connectivity index (χ3n) is 5.01. The van der Waals surface area contributed by atoms with Gasteiger partial charge in [0.2, 0.25) is 0 Å². The Morgan fingerprint density at radius 3 is 2.62 bits per heavy atom. The lowest BCUT2D eigenvalue weighted by Gasteiger charge is -2.34. The Labute approximate surface area is 97.3 Å². The number of fused-ring (bicyclic) bond motifs is 2. The van der Waals surface area contributed by atoms with Gasteiger partial charge in [0.25, 0.3) is 0 Å². The van der Waals surface area contributed by atoms with E-state index in [-0.39, 0.29) is 10.8 Å². The molecular formula is C13H21NO2. The number of carbonyl (C=O) groups is 1. The van der Waals surface area contributed by atoms with Gasteiger partial charge in [-0.15, -0.1) is 0 Å². The van der Waals surface area contributed by atoms with Crippen molar-refractivity contribution in [3.63, 3.8) is 0 Å². The average molecular weight is 223 g/mol. The third kappa shape index (κ3) is 1.40. The van der Waals surface area contributed by atoms with Crippen molar-refractivity contribution in [2.45, 2.75) is 47.0 Å². The third-order valence-corrected chi connectivity index (χ3v) is 5.01. The van der Waals surface area contributed by atoms with E-state index in [4.69, 9.17) is 4.74 Å². The van der Waals surface area contributed by atoms with Crippen LogP contribution in [-0.4, -0.2) is 18.4 Å². The molecule has 90 valence electrons. The zero-order valence-corrected chi connectivity index (χ0v) is 10.7. The second kappa shape index (κ2) is 3.57. The summed E-state index contributed by atoms with van der Waals surface area (Å²) in [7, 11) is 0. The van der Waals surface area contributed by atoms with Crippen molar-refractivity contribution in [3.8, 4) is 0 Å². The van der Waals surface area contributed by atoms with Gasteiger partial charge >= 0.3 is 6.09 Å². The molecule has 2 fully saturated rings. The zero-order valence-electron chi connectivity index (χ0n) is 10.7. The summed E-state index contributed by atoms with van der Waals surface area (Å²) >= 11 is 0. The molecular weight excluding hydrogens is 202 g/mol. The highest BCUT2D eigenvalue weighted by atomic mass is 16.5. The average Bonchev–Trinajstić information content (AvgIpc) is 2.51. The highest BCUT2D eigenvalue weighted by molar-refractivity contribution is 6.00. The van der Waals surface area contributed by atoms with Gasteiger partial charge in [-0.05, 0) is 37.5 Å². The van der Waals surface area contributed by atoms with E-state index in [1.54, 1.807) is 0 Å². The summed E-state index contributed by atoms with van der Waals surface area (Å²) in [6.07, 6.45) is 2.98. The molecule has 0 heterocycles. The maximum absolute atomic E-state index is 11.4. The molecule has 0 aromatic rings. The SMILES string of the molecule is CCOC(=O)N=C1C[C@@H]2CC[C@@]1(C)C2(C)C. The van der Waals surface area contributed by atoms with Crippen LogP contribution in [0.2, 0.25) is 0 Å². The summed E-state index contributed by atoms with van der Waals surface area (Å²) in [5.74, 6) is 0.686. The Balaban J connectivity index is 2.24. The van der Waals surface area contributed by atoms with Gasteiger partial charge in [-0.25, -0.2) is 4.79 Å². The van der Waals surface area contributed by atoms with Crippen LogP contribution < -0.4 is 0 Å². The van der Waals surface area contributed by atoms with E-state index in [2.05, 4.69) is 25.8 Å². The molecule has 3 heteroatoms. The normalized spacial score (nSPS) is 38.0. The molecule has 2 rings (SSSR count). The lowest BCUT2D eigenvalue weighted by molar-refractivity contribution is 0.162. The highest BCUT2D eigenvalue weighted by Gasteiger charge is 2.59. The van der Waals surface area contributed by atoms with Crippen LogP contribution >= 0.6 is 0 Å². The Hall–Kier alpha value is -0.860. The van der Waals surface area contributed by atoms with E-state index >= 15 is 0 Å². The van der Waals surface area contributed by atoms with Crippen LogP contribution in [0.5, 0.6) is 0 Å². The van der Waals surface area contributed by atoms with Crippen molar-refractivity contribution in [3.05, 3.63) is 0 Å². The number of aliphatic imine (C=N–C) groups is 1. The van der Waals surface area contributed by atoms with Gasteiger partial charge in [0.1, 0.15) is 0 Å². The van der Waals surface area contributed by atoms with Crippen molar-refractivity contribution in [2.24, 2.45) is 21.7 Å². The molecule has 2 aliphatic carbocycles. The van der Waals surface area contributed by atoms with Gasteiger partial charge < -0.3 is 4.74 Å². The lowest BCUT2D eigenvalue weighted by Crippen LogP contribution is -2.33. The van der Waals surface area contributed by atoms with Crippen LogP contribution in [0.4, 0.5) is 4.79 Å². The van der Waals surface area contributed by atoms with Gasteiger partial charge in [0, 0.05) is 11.1 Å². The zero-order chi connectivity index (χ0) is 12.0. The van der Waals surface area contributed by atoms with Gasteiger partial charge in [-0.2, -0.15) is 4.99 Å². The van der Waals surface area contributed by atoms with Crippen LogP contribution in [0.15, 0.2) is 4.99 Å². The Kier molecular flexibility index (Phi) is 2.59. The molecule has 0 aromatic heterocycles. The van der Waals surface area contributed by atoms with Crippen LogP contribution in [0.1, 0.15) is 47.0 Å². The molecule has 0 radical (unpaired) electrons. The van der Waals surface area contributed by atoms with E-state index in [1.165, 1.54) is 6.42 Å². The Morgan fingerprint density at radius 2 is 2.19 bits per heavy atom. The van der Waals surface area contributed by atoms with E-state index < -0.39 is 6.09 Å². The first-order chi connectivity index (χ1) is 7.41.